The molecule has 9 heteroatoms. The number of aromatic nitrogens is 2. The van der Waals surface area contributed by atoms with Gasteiger partial charge in [0.1, 0.15) is 17.4 Å². The molecule has 2 aromatic carbocycles. The summed E-state index contributed by atoms with van der Waals surface area (Å²) in [7, 11) is 1.62. The molecule has 1 aromatic heterocycles. The molecule has 7 nitrogen and oxygen atoms in total. The fourth-order valence-electron chi connectivity index (χ4n) is 3.56. The van der Waals surface area contributed by atoms with Crippen molar-refractivity contribution in [2.24, 2.45) is 0 Å². The van der Waals surface area contributed by atoms with Crippen LogP contribution in [-0.2, 0) is 16.0 Å². The lowest BCUT2D eigenvalue weighted by molar-refractivity contribution is -0.0122. The van der Waals surface area contributed by atoms with Gasteiger partial charge in [-0.1, -0.05) is 6.07 Å². The summed E-state index contributed by atoms with van der Waals surface area (Å²) >= 11 is 0. The number of methoxy groups -OCH3 is 1. The number of benzene rings is 2. The number of nitrogens with zero attached hydrogens (tertiary/aromatic N) is 3. The van der Waals surface area contributed by atoms with Gasteiger partial charge < -0.3 is 19.3 Å². The number of aliphatic hydroxyl groups is 1. The lowest BCUT2D eigenvalue weighted by Crippen LogP contribution is -2.37. The molecule has 0 fully saturated rings. The van der Waals surface area contributed by atoms with Crippen molar-refractivity contribution in [1.29, 1.82) is 0 Å². The monoisotopic (exact) mass is 489 g/mol. The van der Waals surface area contributed by atoms with E-state index in [-0.39, 0.29) is 18.5 Å². The summed E-state index contributed by atoms with van der Waals surface area (Å²) in [5.74, 6) is -0.101. The normalized spacial score (nSPS) is 12.5. The summed E-state index contributed by atoms with van der Waals surface area (Å²) in [5, 5.41) is 15.2. The van der Waals surface area contributed by atoms with Crippen molar-refractivity contribution >= 4 is 0 Å². The summed E-state index contributed by atoms with van der Waals surface area (Å²) in [4.78, 5) is 2.02. The van der Waals surface area contributed by atoms with Crippen molar-refractivity contribution in [3.8, 4) is 17.3 Å². The minimum atomic E-state index is -0.700. The van der Waals surface area contributed by atoms with Crippen LogP contribution in [-0.4, -0.2) is 65.4 Å². The minimum absolute atomic E-state index is 0.0135. The molecule has 0 saturated heterocycles. The third-order valence-electron chi connectivity index (χ3n) is 5.30. The SMILES string of the molecule is COCCN(Cc1c(C)nn(-c2ccc(F)cc2)c1Oc1cccc(F)c1)CC(O)COC(C)C. The molecule has 190 valence electrons. The molecule has 35 heavy (non-hydrogen) atoms. The van der Waals surface area contributed by atoms with Gasteiger partial charge in [0.05, 0.1) is 42.4 Å². The lowest BCUT2D eigenvalue weighted by Gasteiger charge is -2.25. The third kappa shape index (κ3) is 7.83. The Morgan fingerprint density at radius 3 is 2.49 bits per heavy atom. The average molecular weight is 490 g/mol. The lowest BCUT2D eigenvalue weighted by atomic mass is 10.2. The van der Waals surface area contributed by atoms with E-state index >= 15 is 0 Å². The van der Waals surface area contributed by atoms with Gasteiger partial charge >= 0.3 is 0 Å². The fourth-order valence-corrected chi connectivity index (χ4v) is 3.56. The van der Waals surface area contributed by atoms with Gasteiger partial charge in [0.25, 0.3) is 0 Å². The number of hydrogen-bond acceptors (Lipinski definition) is 6. The van der Waals surface area contributed by atoms with Gasteiger partial charge in [-0.05, 0) is 57.2 Å². The highest BCUT2D eigenvalue weighted by molar-refractivity contribution is 5.43. The van der Waals surface area contributed by atoms with Crippen molar-refractivity contribution in [2.45, 2.75) is 39.5 Å². The minimum Gasteiger partial charge on any atom is -0.438 e. The van der Waals surface area contributed by atoms with E-state index < -0.39 is 11.9 Å². The van der Waals surface area contributed by atoms with Crippen LogP contribution in [0, 0.1) is 18.6 Å². The molecule has 0 saturated carbocycles. The smallest absolute Gasteiger partial charge is 0.227 e. The van der Waals surface area contributed by atoms with Crippen molar-refractivity contribution in [3.63, 3.8) is 0 Å². The van der Waals surface area contributed by atoms with E-state index in [0.717, 1.165) is 5.56 Å². The van der Waals surface area contributed by atoms with E-state index in [0.29, 0.717) is 49.3 Å². The van der Waals surface area contributed by atoms with Gasteiger partial charge in [-0.2, -0.15) is 5.10 Å². The van der Waals surface area contributed by atoms with E-state index in [1.165, 1.54) is 24.3 Å². The number of halogens is 2. The maximum atomic E-state index is 13.9. The Morgan fingerprint density at radius 1 is 1.09 bits per heavy atom. The molecule has 0 aliphatic rings. The summed E-state index contributed by atoms with van der Waals surface area (Å²) in [6.07, 6.45) is -0.686. The molecule has 1 N–H and O–H groups in total. The largest absolute Gasteiger partial charge is 0.438 e. The summed E-state index contributed by atoms with van der Waals surface area (Å²) in [6, 6.07) is 11.7. The quantitative estimate of drug-likeness (QED) is 0.382. The molecule has 3 aromatic rings. The zero-order valence-electron chi connectivity index (χ0n) is 20.6. The van der Waals surface area contributed by atoms with E-state index in [9.17, 15) is 13.9 Å². The van der Waals surface area contributed by atoms with Crippen LogP contribution in [0.2, 0.25) is 0 Å². The number of aryl methyl sites for hydroxylation is 1. The molecule has 0 amide bonds. The second kappa shape index (κ2) is 12.7. The molecule has 0 spiro atoms. The Hall–Kier alpha value is -2.85. The zero-order valence-corrected chi connectivity index (χ0v) is 20.6. The summed E-state index contributed by atoms with van der Waals surface area (Å²) in [6.45, 7) is 7.63. The highest BCUT2D eigenvalue weighted by Gasteiger charge is 2.23. The van der Waals surface area contributed by atoms with Gasteiger partial charge in [0.2, 0.25) is 5.88 Å². The van der Waals surface area contributed by atoms with E-state index in [2.05, 4.69) is 5.10 Å². The first-order valence-corrected chi connectivity index (χ1v) is 11.6. The molecular formula is C26H33F2N3O4. The molecule has 0 aliphatic carbocycles. The molecule has 3 rings (SSSR count). The predicted octanol–water partition coefficient (Wildman–Crippen LogP) is 4.49. The first-order chi connectivity index (χ1) is 16.8. The maximum Gasteiger partial charge on any atom is 0.227 e. The van der Waals surface area contributed by atoms with E-state index in [4.69, 9.17) is 14.2 Å². The van der Waals surface area contributed by atoms with Crippen LogP contribution in [0.4, 0.5) is 8.78 Å². The van der Waals surface area contributed by atoms with E-state index in [1.54, 1.807) is 36.1 Å². The average Bonchev–Trinajstić information content (AvgIpc) is 3.11. The van der Waals surface area contributed by atoms with E-state index in [1.807, 2.05) is 25.7 Å². The first kappa shape index (κ1) is 26.7. The number of rotatable bonds is 13. The second-order valence-corrected chi connectivity index (χ2v) is 8.58. The molecule has 0 radical (unpaired) electrons. The van der Waals surface area contributed by atoms with Crippen LogP contribution in [0.1, 0.15) is 25.1 Å². The molecular weight excluding hydrogens is 456 g/mol. The molecule has 0 bridgehead atoms. The predicted molar refractivity (Wildman–Crippen MR) is 129 cm³/mol. The second-order valence-electron chi connectivity index (χ2n) is 8.58. The van der Waals surface area contributed by atoms with Crippen LogP contribution in [0.3, 0.4) is 0 Å². The van der Waals surface area contributed by atoms with Crippen molar-refractivity contribution in [1.82, 2.24) is 14.7 Å². The highest BCUT2D eigenvalue weighted by Crippen LogP contribution is 2.32. The van der Waals surface area contributed by atoms with Gasteiger partial charge in [-0.3, -0.25) is 4.90 Å². The Balaban J connectivity index is 1.95. The van der Waals surface area contributed by atoms with Crippen LogP contribution in [0.25, 0.3) is 5.69 Å². The van der Waals surface area contributed by atoms with Crippen LogP contribution in [0.5, 0.6) is 11.6 Å². The van der Waals surface area contributed by atoms with Crippen molar-refractivity contribution in [2.75, 3.05) is 33.4 Å². The van der Waals surface area contributed by atoms with Crippen molar-refractivity contribution in [3.05, 3.63) is 71.4 Å². The van der Waals surface area contributed by atoms with Crippen LogP contribution < -0.4 is 4.74 Å². The summed E-state index contributed by atoms with van der Waals surface area (Å²) < 4.78 is 45.9. The fraction of sp³-hybridized carbons (Fsp3) is 0.423. The highest BCUT2D eigenvalue weighted by atomic mass is 19.1. The molecule has 1 atom stereocenters. The zero-order chi connectivity index (χ0) is 25.4. The van der Waals surface area contributed by atoms with Crippen LogP contribution >= 0.6 is 0 Å². The van der Waals surface area contributed by atoms with Crippen LogP contribution in [0.15, 0.2) is 48.5 Å². The van der Waals surface area contributed by atoms with Crippen molar-refractivity contribution < 1.29 is 28.1 Å². The number of hydrogen-bond donors (Lipinski definition) is 1. The van der Waals surface area contributed by atoms with Gasteiger partial charge in [0.15, 0.2) is 0 Å². The maximum absolute atomic E-state index is 13.9. The Labute approximate surface area is 204 Å². The number of aliphatic hydroxyl groups excluding tert-OH is 1. The topological polar surface area (TPSA) is 69.0 Å². The van der Waals surface area contributed by atoms with Gasteiger partial charge in [0, 0.05) is 32.8 Å². The Morgan fingerprint density at radius 2 is 1.83 bits per heavy atom. The Bertz CT molecular complexity index is 1070. The third-order valence-corrected chi connectivity index (χ3v) is 5.30. The first-order valence-electron chi connectivity index (χ1n) is 11.6. The van der Waals surface area contributed by atoms with Gasteiger partial charge in [-0.25, -0.2) is 13.5 Å². The summed E-state index contributed by atoms with van der Waals surface area (Å²) in [5.41, 5.74) is 2.05. The number of ether oxygens (including phenoxy) is 3. The standard InChI is InChI=1S/C26H33F2N3O4/c1-18(2)34-17-23(32)15-30(12-13-33-4)16-25-19(3)29-31(22-10-8-20(27)9-11-22)26(25)35-24-7-5-6-21(28)14-24/h5-11,14,18,23,32H,12-13,15-17H2,1-4H3. The molecule has 1 unspecified atom stereocenters. The Kier molecular flexibility index (Phi) is 9.73. The molecule has 0 aliphatic heterocycles. The van der Waals surface area contributed by atoms with Gasteiger partial charge in [-0.15, -0.1) is 0 Å². The molecule has 1 heterocycles.